The van der Waals surface area contributed by atoms with E-state index in [4.69, 9.17) is 15.6 Å². The average Bonchev–Trinajstić information content (AvgIpc) is 2.34. The fourth-order valence-electron chi connectivity index (χ4n) is 1.30. The first-order chi connectivity index (χ1) is 8.71. The predicted octanol–water partition coefficient (Wildman–Crippen LogP) is 0.360. The molecule has 19 heavy (non-hydrogen) atoms. The maximum Gasteiger partial charge on any atom is 0.323 e. The normalized spacial score (nSPS) is 13.3. The van der Waals surface area contributed by atoms with Crippen molar-refractivity contribution in [1.29, 1.82) is 0 Å². The molecule has 7 heteroatoms. The van der Waals surface area contributed by atoms with Gasteiger partial charge < -0.3 is 10.5 Å². The molecule has 0 saturated carbocycles. The average molecular weight is 286 g/mol. The molecule has 6 nitrogen and oxygen atoms in total. The molecule has 0 saturated heterocycles. The Morgan fingerprint density at radius 2 is 1.79 bits per heavy atom. The molecule has 0 fully saturated rings. The molecule has 0 heterocycles. The molecule has 0 aromatic heterocycles. The van der Waals surface area contributed by atoms with E-state index in [0.717, 1.165) is 0 Å². The summed E-state index contributed by atoms with van der Waals surface area (Å²) < 4.78 is 27.1. The number of carbonyl (C=O) groups excluding carboxylic acids is 1. The topological polar surface area (TPSA) is 112 Å². The zero-order chi connectivity index (χ0) is 14.6. The number of benzene rings is 1. The lowest BCUT2D eigenvalue weighted by atomic mass is 10.1. The number of carbonyl (C=O) groups is 1. The third-order valence-electron chi connectivity index (χ3n) is 2.62. The molecular formula is C12H18N2O4S. The lowest BCUT2D eigenvalue weighted by Crippen LogP contribution is -2.36. The van der Waals surface area contributed by atoms with Crippen molar-refractivity contribution in [1.82, 2.24) is 0 Å². The van der Waals surface area contributed by atoms with E-state index in [1.54, 1.807) is 0 Å². The van der Waals surface area contributed by atoms with Crippen molar-refractivity contribution in [2.24, 2.45) is 16.8 Å². The number of nitrogens with two attached hydrogens (primary N) is 2. The molecule has 0 aliphatic rings. The van der Waals surface area contributed by atoms with Gasteiger partial charge in [-0.3, -0.25) is 4.79 Å². The highest BCUT2D eigenvalue weighted by Gasteiger charge is 2.18. The third kappa shape index (κ3) is 4.62. The van der Waals surface area contributed by atoms with Gasteiger partial charge in [0.1, 0.15) is 12.6 Å². The number of ether oxygens (including phenoxy) is 1. The van der Waals surface area contributed by atoms with Crippen molar-refractivity contribution in [2.75, 3.05) is 0 Å². The highest BCUT2D eigenvalue weighted by molar-refractivity contribution is 7.89. The molecule has 4 N–H and O–H groups in total. The van der Waals surface area contributed by atoms with Gasteiger partial charge in [-0.1, -0.05) is 26.0 Å². The van der Waals surface area contributed by atoms with Crippen molar-refractivity contribution in [3.05, 3.63) is 29.8 Å². The molecule has 0 spiro atoms. The van der Waals surface area contributed by atoms with Gasteiger partial charge >= 0.3 is 5.97 Å². The molecule has 1 aromatic carbocycles. The van der Waals surface area contributed by atoms with E-state index in [9.17, 15) is 13.2 Å². The molecule has 0 amide bonds. The Morgan fingerprint density at radius 3 is 2.21 bits per heavy atom. The van der Waals surface area contributed by atoms with Gasteiger partial charge in [-0.25, -0.2) is 13.6 Å². The first-order valence-electron chi connectivity index (χ1n) is 5.76. The van der Waals surface area contributed by atoms with E-state index in [-0.39, 0.29) is 17.4 Å². The van der Waals surface area contributed by atoms with Crippen LogP contribution in [0.2, 0.25) is 0 Å². The summed E-state index contributed by atoms with van der Waals surface area (Å²) >= 11 is 0. The van der Waals surface area contributed by atoms with Gasteiger partial charge in [0, 0.05) is 0 Å². The Bertz CT molecular complexity index is 537. The Kier molecular flexibility index (Phi) is 5.04. The standard InChI is InChI=1S/C12H18N2O4S/c1-8(2)11(13)12(15)18-7-9-3-5-10(6-4-9)19(14,16)17/h3-6,8,11H,7,13H2,1-2H3,(H2,14,16,17)/t11-/m0/s1. The van der Waals surface area contributed by atoms with Crippen molar-refractivity contribution in [3.8, 4) is 0 Å². The second kappa shape index (κ2) is 6.14. The smallest absolute Gasteiger partial charge is 0.323 e. The first kappa shape index (κ1) is 15.6. The van der Waals surface area contributed by atoms with Crippen molar-refractivity contribution >= 4 is 16.0 Å². The van der Waals surface area contributed by atoms with Crippen LogP contribution < -0.4 is 10.9 Å². The van der Waals surface area contributed by atoms with E-state index in [0.29, 0.717) is 5.56 Å². The van der Waals surface area contributed by atoms with Gasteiger partial charge in [-0.15, -0.1) is 0 Å². The highest BCUT2D eigenvalue weighted by atomic mass is 32.2. The summed E-state index contributed by atoms with van der Waals surface area (Å²) in [6.45, 7) is 3.70. The van der Waals surface area contributed by atoms with E-state index in [1.807, 2.05) is 13.8 Å². The summed E-state index contributed by atoms with van der Waals surface area (Å²) in [5, 5.41) is 4.97. The number of esters is 1. The minimum atomic E-state index is -3.70. The van der Waals surface area contributed by atoms with Crippen LogP contribution in [0.1, 0.15) is 19.4 Å². The number of rotatable bonds is 5. The lowest BCUT2D eigenvalue weighted by molar-refractivity contribution is -0.147. The van der Waals surface area contributed by atoms with Crippen LogP contribution in [0.3, 0.4) is 0 Å². The minimum Gasteiger partial charge on any atom is -0.460 e. The van der Waals surface area contributed by atoms with Crippen LogP contribution in [-0.2, 0) is 26.2 Å². The zero-order valence-electron chi connectivity index (χ0n) is 10.9. The van der Waals surface area contributed by atoms with Gasteiger partial charge in [0.25, 0.3) is 0 Å². The van der Waals surface area contributed by atoms with Crippen molar-refractivity contribution in [3.63, 3.8) is 0 Å². The number of sulfonamides is 1. The first-order valence-corrected chi connectivity index (χ1v) is 7.30. The molecule has 106 valence electrons. The second-order valence-electron chi connectivity index (χ2n) is 4.57. The van der Waals surface area contributed by atoms with E-state index < -0.39 is 22.0 Å². The van der Waals surface area contributed by atoms with Gasteiger partial charge in [0.05, 0.1) is 4.90 Å². The molecule has 0 aliphatic carbocycles. The molecule has 1 rings (SSSR count). The van der Waals surface area contributed by atoms with Crippen LogP contribution in [0.15, 0.2) is 29.2 Å². The number of primary sulfonamides is 1. The number of hydrogen-bond acceptors (Lipinski definition) is 5. The van der Waals surface area contributed by atoms with E-state index in [2.05, 4.69) is 0 Å². The van der Waals surface area contributed by atoms with Crippen molar-refractivity contribution < 1.29 is 17.9 Å². The second-order valence-corrected chi connectivity index (χ2v) is 6.13. The Morgan fingerprint density at radius 1 is 1.26 bits per heavy atom. The van der Waals surface area contributed by atoms with Crippen LogP contribution in [0, 0.1) is 5.92 Å². The van der Waals surface area contributed by atoms with Crippen LogP contribution in [0.25, 0.3) is 0 Å². The third-order valence-corrected chi connectivity index (χ3v) is 3.55. The predicted molar refractivity (Wildman–Crippen MR) is 70.4 cm³/mol. The molecule has 0 aliphatic heterocycles. The summed E-state index contributed by atoms with van der Waals surface area (Å²) in [6, 6.07) is 5.13. The van der Waals surface area contributed by atoms with E-state index >= 15 is 0 Å². The van der Waals surface area contributed by atoms with Gasteiger partial charge in [-0.2, -0.15) is 0 Å². The number of hydrogen-bond donors (Lipinski definition) is 2. The summed E-state index contributed by atoms with van der Waals surface area (Å²) in [5.74, 6) is -0.484. The van der Waals surface area contributed by atoms with E-state index in [1.165, 1.54) is 24.3 Å². The molecule has 0 bridgehead atoms. The summed E-state index contributed by atoms with van der Waals surface area (Å²) in [6.07, 6.45) is 0. The Balaban J connectivity index is 2.63. The lowest BCUT2D eigenvalue weighted by Gasteiger charge is -2.14. The Hall–Kier alpha value is -1.44. The molecule has 1 atom stereocenters. The van der Waals surface area contributed by atoms with Crippen molar-refractivity contribution in [2.45, 2.75) is 31.4 Å². The largest absolute Gasteiger partial charge is 0.460 e. The summed E-state index contributed by atoms with van der Waals surface area (Å²) in [5.41, 5.74) is 6.30. The van der Waals surface area contributed by atoms with Gasteiger partial charge in [-0.05, 0) is 23.6 Å². The zero-order valence-corrected chi connectivity index (χ0v) is 11.7. The Labute approximate surface area is 112 Å². The van der Waals surface area contributed by atoms with Gasteiger partial charge in [0.15, 0.2) is 0 Å². The molecule has 0 unspecified atom stereocenters. The van der Waals surface area contributed by atoms with Crippen LogP contribution in [-0.4, -0.2) is 20.4 Å². The maximum absolute atomic E-state index is 11.5. The maximum atomic E-state index is 11.5. The fourth-order valence-corrected chi connectivity index (χ4v) is 1.81. The molecular weight excluding hydrogens is 268 g/mol. The highest BCUT2D eigenvalue weighted by Crippen LogP contribution is 2.10. The molecule has 1 aromatic rings. The van der Waals surface area contributed by atoms with Crippen LogP contribution >= 0.6 is 0 Å². The fraction of sp³-hybridized carbons (Fsp3) is 0.417. The van der Waals surface area contributed by atoms with Crippen LogP contribution in [0.5, 0.6) is 0 Å². The summed E-state index contributed by atoms with van der Waals surface area (Å²) in [4.78, 5) is 11.5. The molecule has 0 radical (unpaired) electrons. The monoisotopic (exact) mass is 286 g/mol. The minimum absolute atomic E-state index is 0.00254. The van der Waals surface area contributed by atoms with Gasteiger partial charge in [0.2, 0.25) is 10.0 Å². The SMILES string of the molecule is CC(C)[C@H](N)C(=O)OCc1ccc(S(N)(=O)=O)cc1. The van der Waals surface area contributed by atoms with Crippen LogP contribution in [0.4, 0.5) is 0 Å². The summed E-state index contributed by atoms with van der Waals surface area (Å²) in [7, 11) is -3.70. The quantitative estimate of drug-likeness (QED) is 0.759.